The van der Waals surface area contributed by atoms with Crippen molar-refractivity contribution in [1.82, 2.24) is 9.97 Å². The summed E-state index contributed by atoms with van der Waals surface area (Å²) in [7, 11) is 0. The first-order valence-electron chi connectivity index (χ1n) is 9.73. The molecule has 8 heteroatoms. The molecule has 2 aromatic heterocycles. The molecule has 0 aliphatic heterocycles. The lowest BCUT2D eigenvalue weighted by Crippen LogP contribution is -1.89. The Balaban J connectivity index is 1.55. The zero-order valence-electron chi connectivity index (χ0n) is 17.1. The molecule has 160 valence electrons. The van der Waals surface area contributed by atoms with Crippen molar-refractivity contribution < 1.29 is 9.90 Å². The van der Waals surface area contributed by atoms with Crippen LogP contribution in [0.5, 0.6) is 0 Å². The lowest BCUT2D eigenvalue weighted by atomic mass is 10.1. The van der Waals surface area contributed by atoms with Gasteiger partial charge in [0.15, 0.2) is 5.78 Å². The van der Waals surface area contributed by atoms with Gasteiger partial charge in [-0.15, -0.1) is 0 Å². The Morgan fingerprint density at radius 3 is 1.88 bits per heavy atom. The van der Waals surface area contributed by atoms with E-state index in [0.29, 0.717) is 0 Å². The van der Waals surface area contributed by atoms with Crippen LogP contribution in [0, 0.1) is 21.3 Å². The second-order valence-electron chi connectivity index (χ2n) is 6.87. The van der Waals surface area contributed by atoms with Crippen LogP contribution in [0.3, 0.4) is 0 Å². The SMILES string of the molecule is N#CSc1c[nH]c2cccc(/C=C/C(=O)/C=C(O)/C=C/c3cccc4[nH]cc(SC#N)c34)c12. The average molecular weight is 469 g/mol. The van der Waals surface area contributed by atoms with Gasteiger partial charge >= 0.3 is 0 Å². The summed E-state index contributed by atoms with van der Waals surface area (Å²) < 4.78 is 0. The van der Waals surface area contributed by atoms with Crippen molar-refractivity contribution in [2.45, 2.75) is 9.79 Å². The van der Waals surface area contributed by atoms with E-state index in [1.165, 1.54) is 12.2 Å². The molecule has 4 aromatic rings. The number of nitrogens with zero attached hydrogens (tertiary/aromatic N) is 2. The number of hydrogen-bond acceptors (Lipinski definition) is 6. The zero-order valence-corrected chi connectivity index (χ0v) is 18.7. The Morgan fingerprint density at radius 1 is 0.848 bits per heavy atom. The summed E-state index contributed by atoms with van der Waals surface area (Å²) in [6, 6.07) is 11.3. The number of thiocyanates is 2. The third-order valence-corrected chi connectivity index (χ3v) is 6.13. The molecule has 2 aromatic carbocycles. The van der Waals surface area contributed by atoms with Crippen molar-refractivity contribution in [3.63, 3.8) is 0 Å². The molecule has 6 nitrogen and oxygen atoms in total. The Bertz CT molecular complexity index is 1530. The summed E-state index contributed by atoms with van der Waals surface area (Å²) in [5.41, 5.74) is 3.36. The second-order valence-corrected chi connectivity index (χ2v) is 8.52. The number of allylic oxidation sites excluding steroid dienone is 3. The van der Waals surface area contributed by atoms with E-state index in [-0.39, 0.29) is 11.5 Å². The lowest BCUT2D eigenvalue weighted by molar-refractivity contribution is -0.110. The van der Waals surface area contributed by atoms with Gasteiger partial charge in [0.25, 0.3) is 0 Å². The summed E-state index contributed by atoms with van der Waals surface area (Å²) in [6.45, 7) is 0. The highest BCUT2D eigenvalue weighted by molar-refractivity contribution is 8.04. The van der Waals surface area contributed by atoms with E-state index >= 15 is 0 Å². The molecule has 0 unspecified atom stereocenters. The summed E-state index contributed by atoms with van der Waals surface area (Å²) >= 11 is 2.11. The van der Waals surface area contributed by atoms with Crippen LogP contribution in [0.15, 0.2) is 82.6 Å². The topological polar surface area (TPSA) is 116 Å². The molecule has 0 amide bonds. The van der Waals surface area contributed by atoms with Crippen LogP contribution in [0.25, 0.3) is 34.0 Å². The number of H-pyrrole nitrogens is 2. The molecule has 0 atom stereocenters. The van der Waals surface area contributed by atoms with Crippen LogP contribution in [0.1, 0.15) is 11.1 Å². The van der Waals surface area contributed by atoms with E-state index in [1.54, 1.807) is 24.5 Å². The molecule has 0 saturated carbocycles. The molecule has 0 saturated heterocycles. The summed E-state index contributed by atoms with van der Waals surface area (Å²) in [6.07, 6.45) is 10.9. The number of carbonyl (C=O) groups excluding carboxylic acids is 1. The van der Waals surface area contributed by atoms with Gasteiger partial charge < -0.3 is 15.1 Å². The highest BCUT2D eigenvalue weighted by Gasteiger charge is 2.09. The van der Waals surface area contributed by atoms with Gasteiger partial charge in [0.2, 0.25) is 0 Å². The normalized spacial score (nSPS) is 12.0. The standard InChI is InChI=1S/C25H16N4O2S2/c26-14-32-22-12-28-20-5-1-3-16(24(20)22)7-9-18(30)11-19(31)10-8-17-4-2-6-21-25(17)23(13-29-21)33-15-27/h1-13,28-30H/b9-7+,10-8+,18-11-. The smallest absolute Gasteiger partial charge is 0.182 e. The number of rotatable bonds is 7. The number of aromatic amines is 2. The van der Waals surface area contributed by atoms with Gasteiger partial charge in [-0.25, -0.2) is 0 Å². The van der Waals surface area contributed by atoms with E-state index < -0.39 is 0 Å². The number of nitrogens with one attached hydrogen (secondary N) is 2. The van der Waals surface area contributed by atoms with Crippen molar-refractivity contribution in [2.75, 3.05) is 0 Å². The quantitative estimate of drug-likeness (QED) is 0.0933. The number of nitriles is 2. The number of aliphatic hydroxyl groups excluding tert-OH is 1. The summed E-state index contributed by atoms with van der Waals surface area (Å²) in [5, 5.41) is 34.1. The van der Waals surface area contributed by atoms with Crippen LogP contribution in [-0.4, -0.2) is 20.9 Å². The first-order chi connectivity index (χ1) is 16.1. The van der Waals surface area contributed by atoms with Crippen molar-refractivity contribution in [2.24, 2.45) is 0 Å². The van der Waals surface area contributed by atoms with Crippen molar-refractivity contribution in [3.8, 4) is 10.8 Å². The van der Waals surface area contributed by atoms with Gasteiger partial charge in [-0.2, -0.15) is 10.5 Å². The number of hydrogen-bond donors (Lipinski definition) is 3. The van der Waals surface area contributed by atoms with E-state index in [4.69, 9.17) is 10.5 Å². The predicted molar refractivity (Wildman–Crippen MR) is 133 cm³/mol. The first-order valence-corrected chi connectivity index (χ1v) is 11.4. The van der Waals surface area contributed by atoms with Gasteiger partial charge in [0, 0.05) is 50.1 Å². The maximum Gasteiger partial charge on any atom is 0.182 e. The molecule has 33 heavy (non-hydrogen) atoms. The van der Waals surface area contributed by atoms with E-state index in [1.807, 2.05) is 36.4 Å². The average Bonchev–Trinajstić information content (AvgIpc) is 3.42. The Kier molecular flexibility index (Phi) is 6.70. The molecule has 0 fully saturated rings. The van der Waals surface area contributed by atoms with Gasteiger partial charge in [-0.05, 0) is 58.9 Å². The summed E-state index contributed by atoms with van der Waals surface area (Å²) in [5.74, 6) is -0.563. The van der Waals surface area contributed by atoms with Crippen molar-refractivity contribution >= 4 is 63.3 Å². The third kappa shape index (κ3) is 4.88. The van der Waals surface area contributed by atoms with Gasteiger partial charge in [-0.1, -0.05) is 36.4 Å². The largest absolute Gasteiger partial charge is 0.508 e. The number of aromatic nitrogens is 2. The Labute approximate surface area is 197 Å². The molecular formula is C25H16N4O2S2. The monoisotopic (exact) mass is 468 g/mol. The Morgan fingerprint density at radius 2 is 1.36 bits per heavy atom. The molecule has 0 radical (unpaired) electrons. The zero-order chi connectivity index (χ0) is 23.2. The predicted octanol–water partition coefficient (Wildman–Crippen LogP) is 6.53. The maximum atomic E-state index is 12.4. The minimum absolute atomic E-state index is 0.188. The number of benzene rings is 2. The minimum atomic E-state index is -0.375. The molecule has 0 bridgehead atoms. The van der Waals surface area contributed by atoms with Crippen LogP contribution >= 0.6 is 23.5 Å². The summed E-state index contributed by atoms with van der Waals surface area (Å²) in [4.78, 5) is 20.2. The fourth-order valence-electron chi connectivity index (χ4n) is 3.49. The van der Waals surface area contributed by atoms with Gasteiger partial charge in [0.05, 0.1) is 0 Å². The van der Waals surface area contributed by atoms with Gasteiger partial charge in [0.1, 0.15) is 16.6 Å². The second kappa shape index (κ2) is 10.0. The lowest BCUT2D eigenvalue weighted by Gasteiger charge is -2.00. The fraction of sp³-hybridized carbons (Fsp3) is 0. The number of carbonyl (C=O) groups is 1. The number of ketones is 1. The molecule has 0 aliphatic rings. The molecule has 0 spiro atoms. The molecule has 0 aliphatic carbocycles. The molecule has 4 rings (SSSR count). The van der Waals surface area contributed by atoms with Crippen molar-refractivity contribution in [3.05, 3.63) is 83.9 Å². The molecule has 3 N–H and O–H groups in total. The van der Waals surface area contributed by atoms with Crippen LogP contribution in [-0.2, 0) is 4.79 Å². The first kappa shape index (κ1) is 22.1. The highest BCUT2D eigenvalue weighted by atomic mass is 32.2. The Hall–Kier alpha value is -4.11. The van der Waals surface area contributed by atoms with E-state index in [0.717, 1.165) is 72.3 Å². The van der Waals surface area contributed by atoms with Crippen LogP contribution in [0.2, 0.25) is 0 Å². The van der Waals surface area contributed by atoms with Crippen LogP contribution in [0.4, 0.5) is 0 Å². The maximum absolute atomic E-state index is 12.4. The number of thioether (sulfide) groups is 2. The fourth-order valence-corrected chi connectivity index (χ4v) is 4.58. The minimum Gasteiger partial charge on any atom is -0.508 e. The number of fused-ring (bicyclic) bond motifs is 2. The highest BCUT2D eigenvalue weighted by Crippen LogP contribution is 2.32. The van der Waals surface area contributed by atoms with Crippen LogP contribution < -0.4 is 0 Å². The van der Waals surface area contributed by atoms with E-state index in [2.05, 4.69) is 20.8 Å². The number of aliphatic hydroxyl groups is 1. The molecular weight excluding hydrogens is 452 g/mol. The molecule has 2 heterocycles. The van der Waals surface area contributed by atoms with Crippen molar-refractivity contribution in [1.29, 1.82) is 10.5 Å². The third-order valence-electron chi connectivity index (χ3n) is 4.87. The van der Waals surface area contributed by atoms with E-state index in [9.17, 15) is 9.90 Å². The van der Waals surface area contributed by atoms with Gasteiger partial charge in [-0.3, -0.25) is 4.79 Å².